The smallest absolute Gasteiger partial charge is 0.304 e. The van der Waals surface area contributed by atoms with Crippen LogP contribution in [0.15, 0.2) is 72.8 Å². The first-order valence-corrected chi connectivity index (χ1v) is 15.1. The van der Waals surface area contributed by atoms with Crippen LogP contribution in [0.4, 0.5) is 10.1 Å². The Morgan fingerprint density at radius 2 is 1.59 bits per heavy atom. The van der Waals surface area contributed by atoms with Crippen molar-refractivity contribution >= 4 is 50.9 Å². The highest BCUT2D eigenvalue weighted by molar-refractivity contribution is 7.90. The van der Waals surface area contributed by atoms with Crippen LogP contribution in [0.2, 0.25) is 10.0 Å². The number of anilines is 1. The molecule has 0 aliphatic carbocycles. The number of carbonyl (C=O) groups excluding carboxylic acids is 2. The number of nitrogens with zero attached hydrogens (tertiary/aromatic N) is 3. The van der Waals surface area contributed by atoms with Gasteiger partial charge in [-0.15, -0.1) is 0 Å². The molecule has 2 amide bonds. The third-order valence-electron chi connectivity index (χ3n) is 6.30. The van der Waals surface area contributed by atoms with Crippen molar-refractivity contribution in [2.75, 3.05) is 31.5 Å². The van der Waals surface area contributed by atoms with Gasteiger partial charge in [-0.3, -0.25) is 9.59 Å². The molecule has 0 aliphatic heterocycles. The number of hydrogen-bond acceptors (Lipinski definition) is 4. The van der Waals surface area contributed by atoms with Gasteiger partial charge in [-0.25, -0.2) is 8.70 Å². The largest absolute Gasteiger partial charge is 0.354 e. The average molecular weight is 624 g/mol. The maximum absolute atomic E-state index is 14.9. The van der Waals surface area contributed by atoms with Crippen LogP contribution < -0.4 is 9.62 Å². The second kappa shape index (κ2) is 14.6. The minimum absolute atomic E-state index is 0.0834. The molecular formula is C29H33Cl2FN4O4S. The van der Waals surface area contributed by atoms with Gasteiger partial charge in [0.1, 0.15) is 18.4 Å². The fourth-order valence-electron chi connectivity index (χ4n) is 4.11. The normalized spacial score (nSPS) is 12.2. The molecular weight excluding hydrogens is 590 g/mol. The lowest BCUT2D eigenvalue weighted by atomic mass is 10.0. The van der Waals surface area contributed by atoms with Crippen LogP contribution in [0.3, 0.4) is 0 Å². The van der Waals surface area contributed by atoms with Crippen molar-refractivity contribution in [3.8, 4) is 0 Å². The number of amides is 2. The highest BCUT2D eigenvalue weighted by Crippen LogP contribution is 2.26. The summed E-state index contributed by atoms with van der Waals surface area (Å²) in [5.74, 6) is -1.93. The second-order valence-electron chi connectivity index (χ2n) is 9.51. The molecule has 0 saturated carbocycles. The van der Waals surface area contributed by atoms with Crippen molar-refractivity contribution in [1.82, 2.24) is 14.5 Å². The van der Waals surface area contributed by atoms with Gasteiger partial charge in [-0.2, -0.15) is 12.7 Å². The van der Waals surface area contributed by atoms with Crippen molar-refractivity contribution in [3.05, 3.63) is 99.8 Å². The molecule has 0 bridgehead atoms. The molecule has 0 heterocycles. The van der Waals surface area contributed by atoms with Gasteiger partial charge in [0, 0.05) is 33.6 Å². The minimum atomic E-state index is -4.31. The first-order valence-electron chi connectivity index (χ1n) is 13.0. The third-order valence-corrected chi connectivity index (χ3v) is 8.84. The van der Waals surface area contributed by atoms with Crippen LogP contribution in [0, 0.1) is 5.82 Å². The molecule has 8 nitrogen and oxygen atoms in total. The van der Waals surface area contributed by atoms with Gasteiger partial charge >= 0.3 is 10.2 Å². The van der Waals surface area contributed by atoms with Crippen LogP contribution in [-0.2, 0) is 32.8 Å². The van der Waals surface area contributed by atoms with E-state index in [1.807, 2.05) is 37.3 Å². The molecule has 3 aromatic rings. The summed E-state index contributed by atoms with van der Waals surface area (Å²) in [5, 5.41) is 3.43. The summed E-state index contributed by atoms with van der Waals surface area (Å²) in [7, 11) is -1.73. The van der Waals surface area contributed by atoms with Crippen LogP contribution in [-0.4, -0.2) is 62.7 Å². The van der Waals surface area contributed by atoms with E-state index in [4.69, 9.17) is 23.2 Å². The molecule has 0 aromatic heterocycles. The second-order valence-corrected chi connectivity index (χ2v) is 12.4. The van der Waals surface area contributed by atoms with Gasteiger partial charge in [0.2, 0.25) is 11.8 Å². The summed E-state index contributed by atoms with van der Waals surface area (Å²) in [6.07, 6.45) is 0.830. The number of hydrogen-bond donors (Lipinski definition) is 1. The zero-order valence-electron chi connectivity index (χ0n) is 23.1. The van der Waals surface area contributed by atoms with Crippen molar-refractivity contribution in [2.45, 2.75) is 32.4 Å². The number of para-hydroxylation sites is 1. The number of nitrogens with one attached hydrogen (secondary N) is 1. The van der Waals surface area contributed by atoms with Gasteiger partial charge in [0.25, 0.3) is 0 Å². The summed E-state index contributed by atoms with van der Waals surface area (Å²) < 4.78 is 43.1. The molecule has 1 atom stereocenters. The molecule has 0 radical (unpaired) electrons. The number of halogens is 3. The highest BCUT2D eigenvalue weighted by Gasteiger charge is 2.35. The number of benzene rings is 3. The monoisotopic (exact) mass is 622 g/mol. The average Bonchev–Trinajstić information content (AvgIpc) is 2.94. The standard InChI is InChI=1S/C29H33Cl2FN4O4S/c1-4-16-33-29(38)27(18-21-10-6-5-7-11-21)35(19-22-14-15-23(30)24(31)17-22)28(37)20-36(41(39,40)34(2)3)26-13-9-8-12-25(26)32/h5-15,17,27H,4,16,18-20H2,1-3H3,(H,33,38). The molecule has 0 fully saturated rings. The SMILES string of the molecule is CCCNC(=O)C(Cc1ccccc1)N(Cc1ccc(Cl)c(Cl)c1)C(=O)CN(c1ccccc1F)S(=O)(=O)N(C)C. The van der Waals surface area contributed by atoms with Gasteiger partial charge in [0.15, 0.2) is 0 Å². The molecule has 0 saturated heterocycles. The zero-order valence-corrected chi connectivity index (χ0v) is 25.4. The number of rotatable bonds is 13. The summed E-state index contributed by atoms with van der Waals surface area (Å²) in [5.41, 5.74) is 1.07. The van der Waals surface area contributed by atoms with Crippen LogP contribution in [0.25, 0.3) is 0 Å². The van der Waals surface area contributed by atoms with Crippen LogP contribution >= 0.6 is 23.2 Å². The van der Waals surface area contributed by atoms with Crippen LogP contribution in [0.1, 0.15) is 24.5 Å². The van der Waals surface area contributed by atoms with Crippen molar-refractivity contribution in [2.24, 2.45) is 0 Å². The Morgan fingerprint density at radius 1 is 0.927 bits per heavy atom. The van der Waals surface area contributed by atoms with E-state index >= 15 is 0 Å². The van der Waals surface area contributed by atoms with Gasteiger partial charge < -0.3 is 10.2 Å². The van der Waals surface area contributed by atoms with E-state index < -0.39 is 40.4 Å². The maximum atomic E-state index is 14.9. The van der Waals surface area contributed by atoms with E-state index in [0.717, 1.165) is 15.9 Å². The molecule has 1 unspecified atom stereocenters. The summed E-state index contributed by atoms with van der Waals surface area (Å²) in [6.45, 7) is 1.45. The fourth-order valence-corrected chi connectivity index (χ4v) is 5.50. The van der Waals surface area contributed by atoms with Crippen molar-refractivity contribution in [3.63, 3.8) is 0 Å². The Balaban J connectivity index is 2.11. The summed E-state index contributed by atoms with van der Waals surface area (Å²) in [6, 6.07) is 18.3. The molecule has 220 valence electrons. The topological polar surface area (TPSA) is 90.0 Å². The lowest BCUT2D eigenvalue weighted by molar-refractivity contribution is -0.140. The number of carbonyl (C=O) groups is 2. The molecule has 12 heteroatoms. The van der Waals surface area contributed by atoms with E-state index in [-0.39, 0.29) is 23.7 Å². The quantitative estimate of drug-likeness (QED) is 0.293. The summed E-state index contributed by atoms with van der Waals surface area (Å²) >= 11 is 12.3. The fraction of sp³-hybridized carbons (Fsp3) is 0.310. The molecule has 41 heavy (non-hydrogen) atoms. The van der Waals surface area contributed by atoms with Crippen LogP contribution in [0.5, 0.6) is 0 Å². The van der Waals surface area contributed by atoms with E-state index in [9.17, 15) is 22.4 Å². The van der Waals surface area contributed by atoms with Gasteiger partial charge in [-0.1, -0.05) is 78.7 Å². The van der Waals surface area contributed by atoms with Crippen molar-refractivity contribution in [1.29, 1.82) is 0 Å². The Morgan fingerprint density at radius 3 is 2.20 bits per heavy atom. The first-order chi connectivity index (χ1) is 19.4. The van der Waals surface area contributed by atoms with E-state index in [1.165, 1.54) is 37.2 Å². The van der Waals surface area contributed by atoms with Crippen molar-refractivity contribution < 1.29 is 22.4 Å². The van der Waals surface area contributed by atoms with E-state index in [0.29, 0.717) is 27.9 Å². The first kappa shape index (κ1) is 32.3. The highest BCUT2D eigenvalue weighted by atomic mass is 35.5. The predicted molar refractivity (Wildman–Crippen MR) is 161 cm³/mol. The lowest BCUT2D eigenvalue weighted by Gasteiger charge is -2.34. The van der Waals surface area contributed by atoms with E-state index in [1.54, 1.807) is 18.2 Å². The Bertz CT molecular complexity index is 1460. The summed E-state index contributed by atoms with van der Waals surface area (Å²) in [4.78, 5) is 28.9. The molecule has 0 aliphatic rings. The third kappa shape index (κ3) is 8.42. The van der Waals surface area contributed by atoms with Gasteiger partial charge in [0.05, 0.1) is 15.7 Å². The Kier molecular flexibility index (Phi) is 11.5. The molecule has 1 N–H and O–H groups in total. The Hall–Kier alpha value is -3.18. The minimum Gasteiger partial charge on any atom is -0.354 e. The molecule has 0 spiro atoms. The lowest BCUT2D eigenvalue weighted by Crippen LogP contribution is -2.54. The van der Waals surface area contributed by atoms with Gasteiger partial charge in [-0.05, 0) is 41.8 Å². The Labute approximate surface area is 250 Å². The zero-order chi connectivity index (χ0) is 30.2. The molecule has 3 aromatic carbocycles. The molecule has 3 rings (SSSR count). The van der Waals surface area contributed by atoms with E-state index in [2.05, 4.69) is 5.32 Å². The predicted octanol–water partition coefficient (Wildman–Crippen LogP) is 4.91. The maximum Gasteiger partial charge on any atom is 0.304 e.